The van der Waals surface area contributed by atoms with Crippen molar-refractivity contribution in [3.63, 3.8) is 0 Å². The Morgan fingerprint density at radius 3 is 2.90 bits per heavy atom. The molecule has 2 aliphatic rings. The predicted molar refractivity (Wildman–Crippen MR) is 72.0 cm³/mol. The lowest BCUT2D eigenvalue weighted by Gasteiger charge is -2.19. The molecule has 4 nitrogen and oxygen atoms in total. The van der Waals surface area contributed by atoms with E-state index < -0.39 is 11.7 Å². The number of benzene rings is 1. The Hall–Kier alpha value is -1.62. The van der Waals surface area contributed by atoms with Gasteiger partial charge in [0, 0.05) is 25.6 Å². The highest BCUT2D eigenvalue weighted by Gasteiger charge is 2.44. The molecule has 1 aromatic carbocycles. The third-order valence-corrected chi connectivity index (χ3v) is 4.59. The van der Waals surface area contributed by atoms with Crippen LogP contribution in [0.1, 0.15) is 15.9 Å². The van der Waals surface area contributed by atoms with Gasteiger partial charge in [-0.25, -0.2) is 4.39 Å². The first kappa shape index (κ1) is 13.4. The van der Waals surface area contributed by atoms with Crippen molar-refractivity contribution in [2.24, 2.45) is 11.8 Å². The van der Waals surface area contributed by atoms with Gasteiger partial charge in [0.05, 0.1) is 16.5 Å². The Balaban J connectivity index is 1.88. The zero-order valence-electron chi connectivity index (χ0n) is 11.0. The average molecular weight is 297 g/mol. The first-order chi connectivity index (χ1) is 9.49. The molecule has 1 N–H and O–H groups in total. The fraction of sp³-hybridized carbons (Fsp3) is 0.429. The van der Waals surface area contributed by atoms with E-state index in [1.807, 2.05) is 0 Å². The number of nitrogens with zero attached hydrogens (tertiary/aromatic N) is 1. The maximum absolute atomic E-state index is 13.9. The van der Waals surface area contributed by atoms with Crippen LogP contribution < -0.4 is 5.32 Å². The molecule has 3 rings (SSSR count). The molecule has 2 atom stereocenters. The van der Waals surface area contributed by atoms with Crippen molar-refractivity contribution in [2.75, 3.05) is 19.6 Å². The van der Waals surface area contributed by atoms with E-state index in [4.69, 9.17) is 11.6 Å². The molecule has 0 bridgehead atoms. The van der Waals surface area contributed by atoms with E-state index in [0.717, 1.165) is 0 Å². The minimum absolute atomic E-state index is 0.0267. The second-order valence-electron chi connectivity index (χ2n) is 5.38. The highest BCUT2D eigenvalue weighted by Crippen LogP contribution is 2.31. The van der Waals surface area contributed by atoms with Gasteiger partial charge in [0.15, 0.2) is 0 Å². The van der Waals surface area contributed by atoms with Crippen molar-refractivity contribution < 1.29 is 14.0 Å². The Morgan fingerprint density at radius 1 is 1.45 bits per heavy atom. The summed E-state index contributed by atoms with van der Waals surface area (Å²) in [6, 6.07) is 2.79. The summed E-state index contributed by atoms with van der Waals surface area (Å²) in [5.74, 6) is -1.13. The van der Waals surface area contributed by atoms with E-state index in [2.05, 4.69) is 5.32 Å². The van der Waals surface area contributed by atoms with Crippen molar-refractivity contribution >= 4 is 23.4 Å². The first-order valence-electron chi connectivity index (χ1n) is 6.50. The van der Waals surface area contributed by atoms with Crippen LogP contribution in [0.5, 0.6) is 0 Å². The summed E-state index contributed by atoms with van der Waals surface area (Å²) in [6.07, 6.45) is 0. The number of hydrogen-bond acceptors (Lipinski definition) is 2. The molecule has 0 saturated carbocycles. The first-order valence-corrected chi connectivity index (χ1v) is 6.88. The van der Waals surface area contributed by atoms with Crippen LogP contribution in [0.3, 0.4) is 0 Å². The van der Waals surface area contributed by atoms with E-state index in [1.165, 1.54) is 11.0 Å². The highest BCUT2D eigenvalue weighted by atomic mass is 35.5. The lowest BCUT2D eigenvalue weighted by atomic mass is 10.0. The summed E-state index contributed by atoms with van der Waals surface area (Å²) >= 11 is 6.05. The Kier molecular flexibility index (Phi) is 3.17. The SMILES string of the molecule is Cc1ccc(F)c(C(=O)N2C[C@@H]3CNC(=O)[C@@H]3C2)c1Cl. The molecule has 2 saturated heterocycles. The van der Waals surface area contributed by atoms with Gasteiger partial charge in [-0.1, -0.05) is 17.7 Å². The third kappa shape index (κ3) is 1.97. The van der Waals surface area contributed by atoms with E-state index in [-0.39, 0.29) is 28.3 Å². The molecule has 1 aromatic rings. The van der Waals surface area contributed by atoms with Crippen LogP contribution in [0.25, 0.3) is 0 Å². The summed E-state index contributed by atoms with van der Waals surface area (Å²) < 4.78 is 13.9. The number of likely N-dealkylation sites (tertiary alicyclic amines) is 1. The van der Waals surface area contributed by atoms with Crippen molar-refractivity contribution in [3.8, 4) is 0 Å². The molecule has 2 amide bonds. The Bertz CT molecular complexity index is 605. The van der Waals surface area contributed by atoms with Gasteiger partial charge in [0.2, 0.25) is 5.91 Å². The maximum atomic E-state index is 13.9. The molecule has 2 fully saturated rings. The second kappa shape index (κ2) is 4.74. The van der Waals surface area contributed by atoms with Crippen LogP contribution in [0.15, 0.2) is 12.1 Å². The molecular formula is C14H14ClFN2O2. The molecular weight excluding hydrogens is 283 g/mol. The fourth-order valence-electron chi connectivity index (χ4n) is 2.91. The van der Waals surface area contributed by atoms with E-state index in [1.54, 1.807) is 13.0 Å². The number of carbonyl (C=O) groups excluding carboxylic acids is 2. The van der Waals surface area contributed by atoms with Crippen LogP contribution >= 0.6 is 11.6 Å². The number of amides is 2. The zero-order chi connectivity index (χ0) is 14.4. The number of hydrogen-bond donors (Lipinski definition) is 1. The van der Waals surface area contributed by atoms with Gasteiger partial charge in [0.1, 0.15) is 5.82 Å². The molecule has 20 heavy (non-hydrogen) atoms. The van der Waals surface area contributed by atoms with Gasteiger partial charge >= 0.3 is 0 Å². The Morgan fingerprint density at radius 2 is 2.20 bits per heavy atom. The quantitative estimate of drug-likeness (QED) is 0.856. The maximum Gasteiger partial charge on any atom is 0.258 e. The topological polar surface area (TPSA) is 49.4 Å². The molecule has 0 unspecified atom stereocenters. The predicted octanol–water partition coefficient (Wildman–Crippen LogP) is 1.61. The van der Waals surface area contributed by atoms with E-state index >= 15 is 0 Å². The average Bonchev–Trinajstić information content (AvgIpc) is 2.97. The molecule has 0 radical (unpaired) electrons. The van der Waals surface area contributed by atoms with Crippen LogP contribution in [0, 0.1) is 24.6 Å². The van der Waals surface area contributed by atoms with Crippen molar-refractivity contribution in [2.45, 2.75) is 6.92 Å². The van der Waals surface area contributed by atoms with Gasteiger partial charge in [-0.15, -0.1) is 0 Å². The summed E-state index contributed by atoms with van der Waals surface area (Å²) in [5.41, 5.74) is 0.570. The summed E-state index contributed by atoms with van der Waals surface area (Å²) in [6.45, 7) is 3.10. The minimum Gasteiger partial charge on any atom is -0.355 e. The number of fused-ring (bicyclic) bond motifs is 1. The fourth-order valence-corrected chi connectivity index (χ4v) is 3.15. The zero-order valence-corrected chi connectivity index (χ0v) is 11.7. The number of nitrogens with one attached hydrogen (secondary N) is 1. The highest BCUT2D eigenvalue weighted by molar-refractivity contribution is 6.34. The molecule has 0 spiro atoms. The van der Waals surface area contributed by atoms with E-state index in [9.17, 15) is 14.0 Å². The second-order valence-corrected chi connectivity index (χ2v) is 5.75. The summed E-state index contributed by atoms with van der Waals surface area (Å²) in [4.78, 5) is 25.6. The standard InChI is InChI=1S/C14H14ClFN2O2/c1-7-2-3-10(16)11(12(7)15)14(20)18-5-8-4-17-13(19)9(8)6-18/h2-3,8-9H,4-6H2,1H3,(H,17,19)/t8-,9+/m0/s1. The van der Waals surface area contributed by atoms with Crippen molar-refractivity contribution in [1.82, 2.24) is 10.2 Å². The smallest absolute Gasteiger partial charge is 0.258 e. The molecule has 0 aromatic heterocycles. The van der Waals surface area contributed by atoms with Gasteiger partial charge < -0.3 is 10.2 Å². The van der Waals surface area contributed by atoms with E-state index in [0.29, 0.717) is 25.2 Å². The van der Waals surface area contributed by atoms with Crippen LogP contribution in [-0.2, 0) is 4.79 Å². The number of aryl methyl sites for hydroxylation is 1. The van der Waals surface area contributed by atoms with Crippen LogP contribution in [0.4, 0.5) is 4.39 Å². The van der Waals surface area contributed by atoms with Gasteiger partial charge in [0.25, 0.3) is 5.91 Å². The Labute approximate surface area is 120 Å². The monoisotopic (exact) mass is 296 g/mol. The third-order valence-electron chi connectivity index (χ3n) is 4.10. The summed E-state index contributed by atoms with van der Waals surface area (Å²) in [7, 11) is 0. The minimum atomic E-state index is -0.618. The van der Waals surface area contributed by atoms with Gasteiger partial charge in [-0.05, 0) is 18.6 Å². The molecule has 0 aliphatic carbocycles. The van der Waals surface area contributed by atoms with Crippen molar-refractivity contribution in [3.05, 3.63) is 34.1 Å². The summed E-state index contributed by atoms with van der Waals surface area (Å²) in [5, 5.41) is 2.93. The number of carbonyl (C=O) groups is 2. The largest absolute Gasteiger partial charge is 0.355 e. The normalized spacial score (nSPS) is 24.8. The lowest BCUT2D eigenvalue weighted by Crippen LogP contribution is -2.34. The molecule has 6 heteroatoms. The van der Waals surface area contributed by atoms with Gasteiger partial charge in [-0.3, -0.25) is 9.59 Å². The molecule has 2 aliphatic heterocycles. The number of halogens is 2. The molecule has 2 heterocycles. The molecule has 106 valence electrons. The van der Waals surface area contributed by atoms with Crippen LogP contribution in [-0.4, -0.2) is 36.3 Å². The van der Waals surface area contributed by atoms with Crippen molar-refractivity contribution in [1.29, 1.82) is 0 Å². The van der Waals surface area contributed by atoms with Crippen LogP contribution in [0.2, 0.25) is 5.02 Å². The lowest BCUT2D eigenvalue weighted by molar-refractivity contribution is -0.122. The van der Waals surface area contributed by atoms with Gasteiger partial charge in [-0.2, -0.15) is 0 Å². The number of rotatable bonds is 1.